The van der Waals surface area contributed by atoms with Gasteiger partial charge in [0, 0.05) is 35.3 Å². The first-order valence-corrected chi connectivity index (χ1v) is 7.19. The maximum Gasteiger partial charge on any atom is 0.140 e. The zero-order chi connectivity index (χ0) is 13.1. The van der Waals surface area contributed by atoms with Crippen molar-refractivity contribution in [3.63, 3.8) is 0 Å². The molecule has 0 aliphatic rings. The van der Waals surface area contributed by atoms with Crippen LogP contribution in [-0.2, 0) is 13.1 Å². The van der Waals surface area contributed by atoms with E-state index in [1.807, 2.05) is 6.20 Å². The van der Waals surface area contributed by atoms with Crippen LogP contribution >= 0.6 is 15.9 Å². The molecule has 0 radical (unpaired) electrons. The second-order valence-electron chi connectivity index (χ2n) is 4.96. The molecule has 0 aromatic carbocycles. The number of hydrogen-bond donors (Lipinski definition) is 0. The number of halogens is 1. The van der Waals surface area contributed by atoms with Crippen molar-refractivity contribution >= 4 is 27.0 Å². The van der Waals surface area contributed by atoms with E-state index in [2.05, 4.69) is 63.7 Å². The molecule has 0 unspecified atom stereocenters. The number of pyridine rings is 1. The van der Waals surface area contributed by atoms with E-state index >= 15 is 0 Å². The first-order chi connectivity index (χ1) is 8.61. The van der Waals surface area contributed by atoms with Crippen molar-refractivity contribution in [1.29, 1.82) is 0 Å². The standard InChI is InChI=1S/C14H20BrN3/c1-4-5-6-18-10-11(9-17(2)3)13-7-12(15)8-16-14(13)18/h7-8,10H,4-6,9H2,1-3H3. The van der Waals surface area contributed by atoms with Gasteiger partial charge in [-0.1, -0.05) is 13.3 Å². The number of hydrogen-bond acceptors (Lipinski definition) is 2. The van der Waals surface area contributed by atoms with Crippen LogP contribution in [0, 0.1) is 0 Å². The highest BCUT2D eigenvalue weighted by atomic mass is 79.9. The van der Waals surface area contributed by atoms with Crippen molar-refractivity contribution in [2.24, 2.45) is 0 Å². The summed E-state index contributed by atoms with van der Waals surface area (Å²) in [6, 6.07) is 2.17. The van der Waals surface area contributed by atoms with Gasteiger partial charge in [0.05, 0.1) is 0 Å². The quantitative estimate of drug-likeness (QED) is 0.840. The minimum Gasteiger partial charge on any atom is -0.332 e. The lowest BCUT2D eigenvalue weighted by molar-refractivity contribution is 0.403. The van der Waals surface area contributed by atoms with Crippen LogP contribution in [0.2, 0.25) is 0 Å². The van der Waals surface area contributed by atoms with E-state index < -0.39 is 0 Å². The van der Waals surface area contributed by atoms with Crippen LogP contribution in [0.1, 0.15) is 25.3 Å². The SMILES string of the molecule is CCCCn1cc(CN(C)C)c2cc(Br)cnc21. The molecule has 3 nitrogen and oxygen atoms in total. The minimum absolute atomic E-state index is 0.952. The molecule has 0 fully saturated rings. The number of rotatable bonds is 5. The van der Waals surface area contributed by atoms with Crippen LogP contribution in [0.3, 0.4) is 0 Å². The molecule has 0 amide bonds. The molecular formula is C14H20BrN3. The number of aromatic nitrogens is 2. The Morgan fingerprint density at radius 1 is 1.39 bits per heavy atom. The molecule has 0 N–H and O–H groups in total. The third-order valence-corrected chi connectivity index (χ3v) is 3.44. The third-order valence-electron chi connectivity index (χ3n) is 3.00. The Morgan fingerprint density at radius 3 is 2.83 bits per heavy atom. The van der Waals surface area contributed by atoms with Gasteiger partial charge in [0.2, 0.25) is 0 Å². The van der Waals surface area contributed by atoms with E-state index in [4.69, 9.17) is 0 Å². The smallest absolute Gasteiger partial charge is 0.140 e. The fourth-order valence-corrected chi connectivity index (χ4v) is 2.51. The number of aryl methyl sites for hydroxylation is 1. The van der Waals surface area contributed by atoms with Crippen LogP contribution in [0.15, 0.2) is 22.9 Å². The monoisotopic (exact) mass is 309 g/mol. The molecule has 0 aliphatic heterocycles. The Labute approximate surface area is 117 Å². The number of unbranched alkanes of at least 4 members (excludes halogenated alkanes) is 1. The van der Waals surface area contributed by atoms with Crippen molar-refractivity contribution < 1.29 is 0 Å². The van der Waals surface area contributed by atoms with Gasteiger partial charge in [-0.3, -0.25) is 0 Å². The normalized spacial score (nSPS) is 11.6. The summed E-state index contributed by atoms with van der Waals surface area (Å²) >= 11 is 3.51. The van der Waals surface area contributed by atoms with Crippen molar-refractivity contribution in [3.05, 3.63) is 28.5 Å². The molecule has 0 spiro atoms. The number of fused-ring (bicyclic) bond motifs is 1. The number of nitrogens with zero attached hydrogens (tertiary/aromatic N) is 3. The first-order valence-electron chi connectivity index (χ1n) is 6.39. The average Bonchev–Trinajstić information content (AvgIpc) is 2.64. The topological polar surface area (TPSA) is 21.1 Å². The molecule has 0 atom stereocenters. The van der Waals surface area contributed by atoms with E-state index in [0.29, 0.717) is 0 Å². The van der Waals surface area contributed by atoms with Crippen molar-refractivity contribution in [3.8, 4) is 0 Å². The Hall–Kier alpha value is -0.870. The molecule has 98 valence electrons. The van der Waals surface area contributed by atoms with Gasteiger partial charge < -0.3 is 9.47 Å². The highest BCUT2D eigenvalue weighted by Gasteiger charge is 2.10. The molecule has 18 heavy (non-hydrogen) atoms. The molecule has 2 rings (SSSR count). The summed E-state index contributed by atoms with van der Waals surface area (Å²) in [6.45, 7) is 4.22. The zero-order valence-corrected chi connectivity index (χ0v) is 12.9. The molecule has 0 saturated heterocycles. The van der Waals surface area contributed by atoms with Gasteiger partial charge in [0.25, 0.3) is 0 Å². The van der Waals surface area contributed by atoms with Gasteiger partial charge in [-0.05, 0) is 48.1 Å². The van der Waals surface area contributed by atoms with Gasteiger partial charge in [0.15, 0.2) is 0 Å². The molecule has 0 saturated carbocycles. The van der Waals surface area contributed by atoms with Crippen LogP contribution < -0.4 is 0 Å². The van der Waals surface area contributed by atoms with Gasteiger partial charge >= 0.3 is 0 Å². The lowest BCUT2D eigenvalue weighted by Crippen LogP contribution is -2.10. The summed E-state index contributed by atoms with van der Waals surface area (Å²) in [5.74, 6) is 0. The van der Waals surface area contributed by atoms with Crippen molar-refractivity contribution in [2.45, 2.75) is 32.9 Å². The second kappa shape index (κ2) is 5.85. The molecule has 2 aromatic heterocycles. The van der Waals surface area contributed by atoms with Crippen LogP contribution in [0.25, 0.3) is 11.0 Å². The Balaban J connectivity index is 2.45. The summed E-state index contributed by atoms with van der Waals surface area (Å²) in [7, 11) is 4.20. The highest BCUT2D eigenvalue weighted by molar-refractivity contribution is 9.10. The maximum atomic E-state index is 4.56. The van der Waals surface area contributed by atoms with Gasteiger partial charge in [-0.25, -0.2) is 4.98 Å². The predicted molar refractivity (Wildman–Crippen MR) is 79.7 cm³/mol. The third kappa shape index (κ3) is 2.93. The highest BCUT2D eigenvalue weighted by Crippen LogP contribution is 2.24. The van der Waals surface area contributed by atoms with Crippen molar-refractivity contribution in [1.82, 2.24) is 14.5 Å². The van der Waals surface area contributed by atoms with E-state index in [1.165, 1.54) is 23.8 Å². The summed E-state index contributed by atoms with van der Waals surface area (Å²) in [5, 5.41) is 1.26. The fourth-order valence-electron chi connectivity index (χ4n) is 2.18. The molecule has 0 bridgehead atoms. The van der Waals surface area contributed by atoms with Crippen molar-refractivity contribution in [2.75, 3.05) is 14.1 Å². The summed E-state index contributed by atoms with van der Waals surface area (Å²) in [6.07, 6.45) is 6.53. The molecule has 4 heteroatoms. The average molecular weight is 310 g/mol. The molecular weight excluding hydrogens is 290 g/mol. The molecule has 0 aliphatic carbocycles. The predicted octanol–water partition coefficient (Wildman–Crippen LogP) is 3.66. The van der Waals surface area contributed by atoms with E-state index in [-0.39, 0.29) is 0 Å². The lowest BCUT2D eigenvalue weighted by atomic mass is 10.2. The van der Waals surface area contributed by atoms with Gasteiger partial charge in [-0.2, -0.15) is 0 Å². The largest absolute Gasteiger partial charge is 0.332 e. The zero-order valence-electron chi connectivity index (χ0n) is 11.3. The Bertz CT molecular complexity index is 531. The summed E-state index contributed by atoms with van der Waals surface area (Å²) in [4.78, 5) is 6.75. The summed E-state index contributed by atoms with van der Waals surface area (Å²) < 4.78 is 3.33. The van der Waals surface area contributed by atoms with E-state index in [9.17, 15) is 0 Å². The second-order valence-corrected chi connectivity index (χ2v) is 5.88. The Kier molecular flexibility index (Phi) is 4.40. The fraction of sp³-hybridized carbons (Fsp3) is 0.500. The molecule has 2 aromatic rings. The van der Waals surface area contributed by atoms with Gasteiger partial charge in [0.1, 0.15) is 5.65 Å². The minimum atomic E-state index is 0.952. The van der Waals surface area contributed by atoms with Crippen LogP contribution in [0.4, 0.5) is 0 Å². The van der Waals surface area contributed by atoms with Crippen LogP contribution in [0.5, 0.6) is 0 Å². The molecule has 2 heterocycles. The Morgan fingerprint density at radius 2 is 2.17 bits per heavy atom. The van der Waals surface area contributed by atoms with E-state index in [0.717, 1.165) is 23.2 Å². The van der Waals surface area contributed by atoms with E-state index in [1.54, 1.807) is 0 Å². The first kappa shape index (κ1) is 13.6. The summed E-state index contributed by atoms with van der Waals surface area (Å²) in [5.41, 5.74) is 2.45. The lowest BCUT2D eigenvalue weighted by Gasteiger charge is -2.07. The van der Waals surface area contributed by atoms with Gasteiger partial charge in [-0.15, -0.1) is 0 Å². The maximum absolute atomic E-state index is 4.56. The van der Waals surface area contributed by atoms with Crippen LogP contribution in [-0.4, -0.2) is 28.5 Å².